The van der Waals surface area contributed by atoms with Gasteiger partial charge >= 0.3 is 0 Å². The van der Waals surface area contributed by atoms with Crippen molar-refractivity contribution in [2.45, 2.75) is 27.2 Å². The average Bonchev–Trinajstić information content (AvgIpc) is 3.18. The molecule has 0 unspecified atom stereocenters. The van der Waals surface area contributed by atoms with Crippen molar-refractivity contribution in [1.82, 2.24) is 19.9 Å². The molecule has 3 aromatic rings. The molecule has 1 saturated heterocycles. The van der Waals surface area contributed by atoms with Crippen molar-refractivity contribution in [3.8, 4) is 5.75 Å². The highest BCUT2D eigenvalue weighted by molar-refractivity contribution is 7.71. The Kier molecular flexibility index (Phi) is 6.61. The van der Waals surface area contributed by atoms with Crippen LogP contribution in [0.3, 0.4) is 0 Å². The second kappa shape index (κ2) is 9.43. The molecule has 3 heterocycles. The Labute approximate surface area is 193 Å². The Morgan fingerprint density at radius 1 is 1.27 bits per heavy atom. The molecule has 0 atom stereocenters. The largest absolute Gasteiger partial charge is 0.495 e. The van der Waals surface area contributed by atoms with Gasteiger partial charge in [0.15, 0.2) is 0 Å². The number of anilines is 3. The van der Waals surface area contributed by atoms with Crippen LogP contribution in [-0.4, -0.2) is 64.8 Å². The zero-order valence-electron chi connectivity index (χ0n) is 19.6. The van der Waals surface area contributed by atoms with Crippen molar-refractivity contribution in [3.05, 3.63) is 30.0 Å². The highest BCUT2D eigenvalue weighted by atomic mass is 31.2. The third kappa shape index (κ3) is 4.69. The summed E-state index contributed by atoms with van der Waals surface area (Å²) in [7, 11) is -0.995. The number of carbonyl (C=O) groups is 1. The van der Waals surface area contributed by atoms with E-state index in [-0.39, 0.29) is 5.91 Å². The lowest BCUT2D eigenvalue weighted by Gasteiger charge is -2.32. The molecular formula is C23H31N6O3P. The van der Waals surface area contributed by atoms with Crippen molar-refractivity contribution in [3.63, 3.8) is 0 Å². The van der Waals surface area contributed by atoms with Crippen LogP contribution in [0.15, 0.2) is 24.4 Å². The minimum absolute atomic E-state index is 0.0282. The van der Waals surface area contributed by atoms with Gasteiger partial charge in [-0.25, -0.2) is 0 Å². The van der Waals surface area contributed by atoms with Crippen LogP contribution in [0.1, 0.15) is 25.8 Å². The summed E-state index contributed by atoms with van der Waals surface area (Å²) >= 11 is 0. The van der Waals surface area contributed by atoms with Crippen molar-refractivity contribution in [1.29, 1.82) is 0 Å². The summed E-state index contributed by atoms with van der Waals surface area (Å²) in [6, 6.07) is 5.57. The molecule has 0 spiro atoms. The van der Waals surface area contributed by atoms with Gasteiger partial charge in [0, 0.05) is 50.4 Å². The van der Waals surface area contributed by atoms with E-state index in [1.807, 2.05) is 31.3 Å². The summed E-state index contributed by atoms with van der Waals surface area (Å²) in [5.74, 6) is 1.82. The molecule has 10 heteroatoms. The highest BCUT2D eigenvalue weighted by Crippen LogP contribution is 2.47. The smallest absolute Gasteiger partial charge is 0.231 e. The third-order valence-corrected chi connectivity index (χ3v) is 9.15. The number of H-pyrrole nitrogens is 1. The number of nitrogens with zero attached hydrogens (tertiary/aromatic N) is 3. The van der Waals surface area contributed by atoms with E-state index in [0.717, 1.165) is 40.7 Å². The first-order chi connectivity index (χ1) is 15.8. The number of fused-ring (bicyclic) bond motifs is 1. The lowest BCUT2D eigenvalue weighted by Crippen LogP contribution is -2.39. The molecule has 1 fully saturated rings. The Morgan fingerprint density at radius 2 is 2.03 bits per heavy atom. The minimum Gasteiger partial charge on any atom is -0.495 e. The molecule has 4 rings (SSSR count). The Morgan fingerprint density at radius 3 is 2.70 bits per heavy atom. The maximum Gasteiger partial charge on any atom is 0.231 e. The van der Waals surface area contributed by atoms with Gasteiger partial charge < -0.3 is 29.8 Å². The van der Waals surface area contributed by atoms with Gasteiger partial charge in [0.05, 0.1) is 18.2 Å². The van der Waals surface area contributed by atoms with Crippen molar-refractivity contribution < 1.29 is 14.1 Å². The molecule has 0 bridgehead atoms. The number of aryl methyl sites for hydroxylation is 1. The Hall–Kier alpha value is -3.06. The summed E-state index contributed by atoms with van der Waals surface area (Å²) < 4.78 is 19.2. The highest BCUT2D eigenvalue weighted by Gasteiger charge is 2.32. The van der Waals surface area contributed by atoms with E-state index in [9.17, 15) is 9.36 Å². The zero-order valence-corrected chi connectivity index (χ0v) is 20.5. The fraction of sp³-hybridized carbons (Fsp3) is 0.435. The predicted octanol–water partition coefficient (Wildman–Crippen LogP) is 3.69. The molecular weight excluding hydrogens is 439 g/mol. The standard InChI is InChI=1S/C23H31N6O3P/c1-5-8-24-21-20-15(2)14-25-22(20)28-23(27-21)26-18-7-6-17(13-19(18)32-4)33(31)11-9-29(10-12-33)16(3)30/h6-7,13-14H,5,8-12H2,1-4H3,(H3,24,25,26,27,28). The normalized spacial score (nSPS) is 15.5. The first-order valence-corrected chi connectivity index (χ1v) is 13.3. The van der Waals surface area contributed by atoms with Crippen LogP contribution in [0.4, 0.5) is 17.5 Å². The van der Waals surface area contributed by atoms with Crippen molar-refractivity contribution in [2.24, 2.45) is 0 Å². The van der Waals surface area contributed by atoms with Gasteiger partial charge in [-0.2, -0.15) is 9.97 Å². The summed E-state index contributed by atoms with van der Waals surface area (Å²) in [5.41, 5.74) is 2.53. The molecule has 1 amide bonds. The SMILES string of the molecule is CCCNc1nc(Nc2ccc(P3(=O)CCN(C(C)=O)CC3)cc2OC)nc2[nH]cc(C)c12. The van der Waals surface area contributed by atoms with Gasteiger partial charge in [-0.3, -0.25) is 4.79 Å². The molecule has 1 aliphatic rings. The maximum absolute atomic E-state index is 13.6. The Balaban J connectivity index is 1.61. The fourth-order valence-corrected chi connectivity index (χ4v) is 6.70. The lowest BCUT2D eigenvalue weighted by molar-refractivity contribution is -0.128. The van der Waals surface area contributed by atoms with E-state index in [1.165, 1.54) is 0 Å². The molecule has 0 aliphatic carbocycles. The molecule has 1 aromatic carbocycles. The molecule has 33 heavy (non-hydrogen) atoms. The lowest BCUT2D eigenvalue weighted by atomic mass is 10.2. The number of aromatic amines is 1. The number of methoxy groups -OCH3 is 1. The van der Waals surface area contributed by atoms with E-state index in [0.29, 0.717) is 42.8 Å². The molecule has 1 aliphatic heterocycles. The van der Waals surface area contributed by atoms with E-state index in [1.54, 1.807) is 18.9 Å². The van der Waals surface area contributed by atoms with Crippen molar-refractivity contribution >= 4 is 46.8 Å². The van der Waals surface area contributed by atoms with Crippen LogP contribution >= 0.6 is 7.14 Å². The van der Waals surface area contributed by atoms with E-state index >= 15 is 0 Å². The number of carbonyl (C=O) groups excluding carboxylic acids is 1. The van der Waals surface area contributed by atoms with Crippen LogP contribution < -0.4 is 20.7 Å². The monoisotopic (exact) mass is 470 g/mol. The molecule has 0 radical (unpaired) electrons. The van der Waals surface area contributed by atoms with Gasteiger partial charge in [-0.1, -0.05) is 6.92 Å². The van der Waals surface area contributed by atoms with Crippen LogP contribution in [0.25, 0.3) is 11.0 Å². The number of ether oxygens (including phenoxy) is 1. The van der Waals surface area contributed by atoms with E-state index in [4.69, 9.17) is 9.72 Å². The number of benzene rings is 1. The van der Waals surface area contributed by atoms with Crippen LogP contribution in [0, 0.1) is 6.92 Å². The van der Waals surface area contributed by atoms with Crippen LogP contribution in [0.5, 0.6) is 5.75 Å². The van der Waals surface area contributed by atoms with Gasteiger partial charge in [-0.15, -0.1) is 0 Å². The first-order valence-electron chi connectivity index (χ1n) is 11.2. The molecule has 9 nitrogen and oxygen atoms in total. The molecule has 3 N–H and O–H groups in total. The topological polar surface area (TPSA) is 112 Å². The summed E-state index contributed by atoms with van der Waals surface area (Å²) in [4.78, 5) is 25.9. The maximum atomic E-state index is 13.6. The second-order valence-electron chi connectivity index (χ2n) is 8.37. The first kappa shape index (κ1) is 23.1. The van der Waals surface area contributed by atoms with Crippen molar-refractivity contribution in [2.75, 3.05) is 49.7 Å². The van der Waals surface area contributed by atoms with Gasteiger partial charge in [0.1, 0.15) is 24.4 Å². The molecule has 176 valence electrons. The fourth-order valence-electron chi connectivity index (χ4n) is 4.13. The quantitative estimate of drug-likeness (QED) is 0.452. The predicted molar refractivity (Wildman–Crippen MR) is 133 cm³/mol. The van der Waals surface area contributed by atoms with E-state index < -0.39 is 7.14 Å². The third-order valence-electron chi connectivity index (χ3n) is 6.08. The van der Waals surface area contributed by atoms with Crippen LogP contribution in [0.2, 0.25) is 0 Å². The number of aromatic nitrogens is 3. The summed E-state index contributed by atoms with van der Waals surface area (Å²) in [6.45, 7) is 7.53. The van der Waals surface area contributed by atoms with Gasteiger partial charge in [0.2, 0.25) is 11.9 Å². The average molecular weight is 471 g/mol. The number of hydrogen-bond donors (Lipinski definition) is 3. The van der Waals surface area contributed by atoms with Gasteiger partial charge in [-0.05, 0) is 37.1 Å². The minimum atomic E-state index is -2.58. The zero-order chi connectivity index (χ0) is 23.6. The van der Waals surface area contributed by atoms with Crippen LogP contribution in [-0.2, 0) is 9.36 Å². The number of rotatable bonds is 7. The number of amides is 1. The van der Waals surface area contributed by atoms with E-state index in [2.05, 4.69) is 27.5 Å². The Bertz CT molecular complexity index is 1210. The molecule has 2 aromatic heterocycles. The van der Waals surface area contributed by atoms with Gasteiger partial charge in [0.25, 0.3) is 0 Å². The second-order valence-corrected chi connectivity index (χ2v) is 11.6. The number of hydrogen-bond acceptors (Lipinski definition) is 7. The summed E-state index contributed by atoms with van der Waals surface area (Å²) in [5, 5.41) is 8.39. The molecule has 0 saturated carbocycles. The number of nitrogens with one attached hydrogen (secondary N) is 3. The summed E-state index contributed by atoms with van der Waals surface area (Å²) in [6.07, 6.45) is 3.88.